The van der Waals surface area contributed by atoms with Crippen LogP contribution in [0.2, 0.25) is 0 Å². The molecule has 4 rings (SSSR count). The van der Waals surface area contributed by atoms with E-state index in [-0.39, 0.29) is 5.41 Å². The lowest BCUT2D eigenvalue weighted by molar-refractivity contribution is -0.00804. The largest absolute Gasteiger partial charge is 0.508 e. The van der Waals surface area contributed by atoms with Crippen LogP contribution in [0.4, 0.5) is 5.69 Å². The van der Waals surface area contributed by atoms with E-state index in [2.05, 4.69) is 61.2 Å². The molecule has 1 fully saturated rings. The summed E-state index contributed by atoms with van der Waals surface area (Å²) in [6.45, 7) is 1.81. The summed E-state index contributed by atoms with van der Waals surface area (Å²) >= 11 is 0. The Kier molecular flexibility index (Phi) is 5.09. The molecule has 2 aliphatic carbocycles. The van der Waals surface area contributed by atoms with Crippen molar-refractivity contribution in [1.29, 1.82) is 0 Å². The number of phenolic OH excluding ortho intramolecular Hbond substituents is 1. The highest BCUT2D eigenvalue weighted by Gasteiger charge is 2.51. The number of nitrogens with zero attached hydrogens (tertiary/aromatic N) is 1. The standard InChI is InChI=1S/C26H31NO2/c1-4-13-25(29)14-15-26(17-19-5-9-22(10-6-19)27(2)3)21(18-25)8-7-20-16-23(28)11-12-24(20)26/h5-6,9-12,16,21,28-29H,7-8,14-15,17-18H2,1-3H3/t21-,25?,26-/m0/s1. The highest BCUT2D eigenvalue weighted by atomic mass is 16.3. The number of hydrogen-bond acceptors (Lipinski definition) is 3. The molecule has 0 amide bonds. The Hall–Kier alpha value is -2.44. The van der Waals surface area contributed by atoms with E-state index in [0.717, 1.165) is 32.1 Å². The quantitative estimate of drug-likeness (QED) is 0.763. The average Bonchev–Trinajstić information content (AvgIpc) is 2.69. The fourth-order valence-electron chi connectivity index (χ4n) is 5.62. The van der Waals surface area contributed by atoms with Gasteiger partial charge in [0.05, 0.1) is 0 Å². The van der Waals surface area contributed by atoms with Crippen LogP contribution in [0, 0.1) is 17.8 Å². The minimum absolute atomic E-state index is 0.0113. The van der Waals surface area contributed by atoms with Gasteiger partial charge in [-0.05, 0) is 92.3 Å². The maximum atomic E-state index is 11.1. The molecule has 0 aromatic heterocycles. The second-order valence-electron chi connectivity index (χ2n) is 9.08. The molecule has 0 radical (unpaired) electrons. The molecule has 1 saturated carbocycles. The van der Waals surface area contributed by atoms with Gasteiger partial charge in [0.15, 0.2) is 0 Å². The van der Waals surface area contributed by atoms with Crippen molar-refractivity contribution in [3.05, 3.63) is 59.2 Å². The van der Waals surface area contributed by atoms with Gasteiger partial charge in [0.2, 0.25) is 0 Å². The lowest BCUT2D eigenvalue weighted by atomic mass is 9.52. The Morgan fingerprint density at radius 2 is 1.86 bits per heavy atom. The van der Waals surface area contributed by atoms with Gasteiger partial charge in [0, 0.05) is 25.2 Å². The van der Waals surface area contributed by atoms with Crippen LogP contribution in [0.15, 0.2) is 42.5 Å². The van der Waals surface area contributed by atoms with Crippen LogP contribution in [0.1, 0.15) is 49.3 Å². The van der Waals surface area contributed by atoms with Crippen molar-refractivity contribution in [2.75, 3.05) is 19.0 Å². The zero-order valence-corrected chi connectivity index (χ0v) is 17.7. The smallest absolute Gasteiger partial charge is 0.125 e. The first-order valence-corrected chi connectivity index (χ1v) is 10.6. The van der Waals surface area contributed by atoms with Gasteiger partial charge in [-0.1, -0.05) is 24.1 Å². The fourth-order valence-corrected chi connectivity index (χ4v) is 5.62. The first-order valence-electron chi connectivity index (χ1n) is 10.6. The lowest BCUT2D eigenvalue weighted by Crippen LogP contribution is -2.50. The van der Waals surface area contributed by atoms with Gasteiger partial charge in [-0.3, -0.25) is 0 Å². The van der Waals surface area contributed by atoms with Crippen molar-refractivity contribution in [2.45, 2.75) is 56.5 Å². The minimum atomic E-state index is -0.869. The predicted molar refractivity (Wildman–Crippen MR) is 118 cm³/mol. The number of aromatic hydroxyl groups is 1. The summed E-state index contributed by atoms with van der Waals surface area (Å²) < 4.78 is 0. The second-order valence-corrected chi connectivity index (χ2v) is 9.08. The summed E-state index contributed by atoms with van der Waals surface area (Å²) in [6.07, 6.45) is 5.27. The molecule has 152 valence electrons. The first-order chi connectivity index (χ1) is 13.8. The van der Waals surface area contributed by atoms with Crippen LogP contribution in [-0.2, 0) is 18.3 Å². The number of benzene rings is 2. The van der Waals surface area contributed by atoms with Crippen LogP contribution < -0.4 is 4.90 Å². The molecule has 29 heavy (non-hydrogen) atoms. The van der Waals surface area contributed by atoms with Gasteiger partial charge in [-0.15, -0.1) is 5.92 Å². The molecule has 1 unspecified atom stereocenters. The molecule has 3 heteroatoms. The Morgan fingerprint density at radius 1 is 1.10 bits per heavy atom. The number of aryl methyl sites for hydroxylation is 1. The molecule has 2 aromatic carbocycles. The van der Waals surface area contributed by atoms with Gasteiger partial charge in [-0.25, -0.2) is 0 Å². The number of aliphatic hydroxyl groups is 1. The molecule has 2 aliphatic rings. The van der Waals surface area contributed by atoms with E-state index in [1.807, 2.05) is 19.1 Å². The van der Waals surface area contributed by atoms with Crippen molar-refractivity contribution in [2.24, 2.45) is 5.92 Å². The molecule has 0 spiro atoms. The molecule has 0 bridgehead atoms. The van der Waals surface area contributed by atoms with E-state index in [1.54, 1.807) is 0 Å². The monoisotopic (exact) mass is 389 g/mol. The molecule has 3 atom stereocenters. The van der Waals surface area contributed by atoms with Crippen LogP contribution >= 0.6 is 0 Å². The average molecular weight is 390 g/mol. The lowest BCUT2D eigenvalue weighted by Gasteiger charge is -2.52. The normalized spacial score (nSPS) is 27.9. The summed E-state index contributed by atoms with van der Waals surface area (Å²) in [7, 11) is 4.12. The van der Waals surface area contributed by atoms with Crippen molar-refractivity contribution in [3.8, 4) is 17.6 Å². The van der Waals surface area contributed by atoms with Crippen LogP contribution in [0.5, 0.6) is 5.75 Å². The highest BCUT2D eigenvalue weighted by molar-refractivity contribution is 5.48. The summed E-state index contributed by atoms with van der Waals surface area (Å²) in [5, 5.41) is 21.1. The zero-order valence-electron chi connectivity index (χ0n) is 17.7. The number of hydrogen-bond donors (Lipinski definition) is 2. The fraction of sp³-hybridized carbons (Fsp3) is 0.462. The van der Waals surface area contributed by atoms with Gasteiger partial charge < -0.3 is 15.1 Å². The Balaban J connectivity index is 1.75. The Morgan fingerprint density at radius 3 is 2.55 bits per heavy atom. The van der Waals surface area contributed by atoms with Gasteiger partial charge >= 0.3 is 0 Å². The number of fused-ring (bicyclic) bond motifs is 3. The second kappa shape index (κ2) is 7.43. The van der Waals surface area contributed by atoms with Crippen molar-refractivity contribution < 1.29 is 10.2 Å². The third-order valence-corrected chi connectivity index (χ3v) is 7.07. The van der Waals surface area contributed by atoms with E-state index in [4.69, 9.17) is 0 Å². The molecule has 2 aromatic rings. The van der Waals surface area contributed by atoms with Crippen LogP contribution in [-0.4, -0.2) is 29.9 Å². The molecule has 0 heterocycles. The van der Waals surface area contributed by atoms with Crippen LogP contribution in [0.25, 0.3) is 0 Å². The summed E-state index contributed by atoms with van der Waals surface area (Å²) in [5.74, 6) is 6.76. The van der Waals surface area contributed by atoms with E-state index >= 15 is 0 Å². The van der Waals surface area contributed by atoms with E-state index in [1.165, 1.54) is 22.4 Å². The SMILES string of the molecule is CC#CC1(O)CC[C@@]2(Cc3ccc(N(C)C)cc3)c3ccc(O)cc3CC[C@H]2C1. The maximum Gasteiger partial charge on any atom is 0.125 e. The highest BCUT2D eigenvalue weighted by Crippen LogP contribution is 2.54. The Labute approximate surface area is 174 Å². The molecular formula is C26H31NO2. The predicted octanol–water partition coefficient (Wildman–Crippen LogP) is 4.44. The number of anilines is 1. The van der Waals surface area contributed by atoms with E-state index < -0.39 is 5.60 Å². The van der Waals surface area contributed by atoms with Gasteiger partial charge in [-0.2, -0.15) is 0 Å². The zero-order chi connectivity index (χ0) is 20.6. The number of rotatable bonds is 3. The molecule has 2 N–H and O–H groups in total. The van der Waals surface area contributed by atoms with Crippen molar-refractivity contribution >= 4 is 5.69 Å². The van der Waals surface area contributed by atoms with Gasteiger partial charge in [0.1, 0.15) is 11.4 Å². The van der Waals surface area contributed by atoms with E-state index in [0.29, 0.717) is 18.1 Å². The minimum Gasteiger partial charge on any atom is -0.508 e. The first kappa shape index (κ1) is 19.9. The maximum absolute atomic E-state index is 11.1. The third-order valence-electron chi connectivity index (χ3n) is 7.07. The summed E-state index contributed by atoms with van der Waals surface area (Å²) in [4.78, 5) is 2.12. The van der Waals surface area contributed by atoms with Crippen molar-refractivity contribution in [1.82, 2.24) is 0 Å². The van der Waals surface area contributed by atoms with Gasteiger partial charge in [0.25, 0.3) is 0 Å². The topological polar surface area (TPSA) is 43.7 Å². The molecular weight excluding hydrogens is 358 g/mol. The number of phenols is 1. The molecule has 3 nitrogen and oxygen atoms in total. The Bertz CT molecular complexity index is 953. The van der Waals surface area contributed by atoms with Crippen molar-refractivity contribution in [3.63, 3.8) is 0 Å². The van der Waals surface area contributed by atoms with E-state index in [9.17, 15) is 10.2 Å². The molecule has 0 saturated heterocycles. The summed E-state index contributed by atoms with van der Waals surface area (Å²) in [5.41, 5.74) is 4.27. The summed E-state index contributed by atoms with van der Waals surface area (Å²) in [6, 6.07) is 14.7. The van der Waals surface area contributed by atoms with Crippen LogP contribution in [0.3, 0.4) is 0 Å². The molecule has 0 aliphatic heterocycles. The third kappa shape index (κ3) is 3.63.